The summed E-state index contributed by atoms with van der Waals surface area (Å²) in [4.78, 5) is 10.6. The second-order valence-corrected chi connectivity index (χ2v) is 7.17. The summed E-state index contributed by atoms with van der Waals surface area (Å²) >= 11 is 5.23. The van der Waals surface area contributed by atoms with E-state index in [0.29, 0.717) is 13.2 Å². The van der Waals surface area contributed by atoms with E-state index in [9.17, 15) is 4.79 Å². The van der Waals surface area contributed by atoms with Crippen molar-refractivity contribution < 1.29 is 14.3 Å². The largest absolute Gasteiger partial charge is 0.372 e. The smallest absolute Gasteiger partial charge is 0.247 e. The van der Waals surface area contributed by atoms with Crippen LogP contribution in [0.4, 0.5) is 0 Å². The highest BCUT2D eigenvalue weighted by Crippen LogP contribution is 2.59. The van der Waals surface area contributed by atoms with Crippen molar-refractivity contribution >= 4 is 16.8 Å². The number of carbonyl (C=O) groups excluding carboxylic acids is 1. The zero-order valence-electron chi connectivity index (χ0n) is 11.6. The first-order valence-electron chi connectivity index (χ1n) is 7.48. The van der Waals surface area contributed by atoms with Crippen LogP contribution < -0.4 is 0 Å². The van der Waals surface area contributed by atoms with E-state index in [1.54, 1.807) is 0 Å². The third kappa shape index (κ3) is 2.70. The lowest BCUT2D eigenvalue weighted by Gasteiger charge is -2.59. The molecule has 4 aliphatic rings. The molecule has 108 valence electrons. The van der Waals surface area contributed by atoms with Gasteiger partial charge in [0.25, 0.3) is 0 Å². The molecule has 0 aliphatic heterocycles. The number of hydrogen-bond donors (Lipinski definition) is 0. The Morgan fingerprint density at radius 3 is 2.21 bits per heavy atom. The SMILES string of the molecule is CC1(OCCOCC(=O)Cl)C2CC3CC(C2)CC1C3. The Kier molecular flexibility index (Phi) is 3.89. The molecule has 0 aromatic carbocycles. The van der Waals surface area contributed by atoms with Crippen molar-refractivity contribution in [3.8, 4) is 0 Å². The number of carbonyl (C=O) groups is 1. The Balaban J connectivity index is 1.51. The standard InChI is InChI=1S/C15H23ClO3/c1-15(19-3-2-18-9-14(16)17)12-5-10-4-11(7-12)8-13(15)6-10/h10-13H,2-9H2,1H3. The molecule has 4 rings (SSSR count). The average molecular weight is 287 g/mol. The highest BCUT2D eigenvalue weighted by atomic mass is 35.5. The van der Waals surface area contributed by atoms with E-state index in [0.717, 1.165) is 23.7 Å². The number of ether oxygens (including phenoxy) is 2. The third-order valence-electron chi connectivity index (χ3n) is 5.62. The highest BCUT2D eigenvalue weighted by Gasteiger charge is 2.55. The lowest BCUT2D eigenvalue weighted by molar-refractivity contribution is -0.198. The molecule has 4 heteroatoms. The van der Waals surface area contributed by atoms with Gasteiger partial charge in [-0.15, -0.1) is 0 Å². The van der Waals surface area contributed by atoms with Crippen LogP contribution in [0.2, 0.25) is 0 Å². The van der Waals surface area contributed by atoms with Crippen LogP contribution in [0.5, 0.6) is 0 Å². The van der Waals surface area contributed by atoms with Crippen LogP contribution in [0.25, 0.3) is 0 Å². The Morgan fingerprint density at radius 1 is 1.11 bits per heavy atom. The molecule has 0 atom stereocenters. The van der Waals surface area contributed by atoms with Gasteiger partial charge >= 0.3 is 0 Å². The monoisotopic (exact) mass is 286 g/mol. The summed E-state index contributed by atoms with van der Waals surface area (Å²) < 4.78 is 11.4. The van der Waals surface area contributed by atoms with Gasteiger partial charge in [0, 0.05) is 0 Å². The van der Waals surface area contributed by atoms with Crippen molar-refractivity contribution in [2.24, 2.45) is 23.7 Å². The molecule has 3 nitrogen and oxygen atoms in total. The Morgan fingerprint density at radius 2 is 1.68 bits per heavy atom. The van der Waals surface area contributed by atoms with Crippen molar-refractivity contribution in [2.75, 3.05) is 19.8 Å². The lowest BCUT2D eigenvalue weighted by Crippen LogP contribution is -2.57. The summed E-state index contributed by atoms with van der Waals surface area (Å²) in [6, 6.07) is 0. The van der Waals surface area contributed by atoms with Gasteiger partial charge < -0.3 is 9.47 Å². The molecule has 0 heterocycles. The Hall–Kier alpha value is -0.120. The van der Waals surface area contributed by atoms with Crippen LogP contribution in [-0.2, 0) is 14.3 Å². The van der Waals surface area contributed by atoms with Crippen molar-refractivity contribution in [3.63, 3.8) is 0 Å². The first-order valence-corrected chi connectivity index (χ1v) is 7.85. The molecule has 0 aromatic rings. The predicted octanol–water partition coefficient (Wildman–Crippen LogP) is 3.00. The van der Waals surface area contributed by atoms with Crippen LogP contribution in [0.3, 0.4) is 0 Å². The molecule has 4 aliphatic carbocycles. The number of hydrogen-bond acceptors (Lipinski definition) is 3. The van der Waals surface area contributed by atoms with Crippen LogP contribution in [0.15, 0.2) is 0 Å². The van der Waals surface area contributed by atoms with E-state index in [1.165, 1.54) is 32.1 Å². The van der Waals surface area contributed by atoms with Gasteiger partial charge in [0.15, 0.2) is 0 Å². The molecule has 19 heavy (non-hydrogen) atoms. The molecule has 0 amide bonds. The molecule has 4 saturated carbocycles. The molecule has 0 N–H and O–H groups in total. The molecule has 4 bridgehead atoms. The molecule has 0 aromatic heterocycles. The fourth-order valence-corrected chi connectivity index (χ4v) is 4.91. The summed E-state index contributed by atoms with van der Waals surface area (Å²) in [7, 11) is 0. The summed E-state index contributed by atoms with van der Waals surface area (Å²) in [5, 5.41) is -0.444. The van der Waals surface area contributed by atoms with Gasteiger partial charge in [-0.2, -0.15) is 0 Å². The van der Waals surface area contributed by atoms with Gasteiger partial charge in [0.05, 0.1) is 18.8 Å². The van der Waals surface area contributed by atoms with Gasteiger partial charge in [-0.1, -0.05) is 0 Å². The fourth-order valence-electron chi connectivity index (χ4n) is 4.83. The second-order valence-electron chi connectivity index (χ2n) is 6.74. The zero-order chi connectivity index (χ0) is 13.5. The lowest BCUT2D eigenvalue weighted by atomic mass is 9.50. The van der Waals surface area contributed by atoms with Gasteiger partial charge in [0.1, 0.15) is 6.61 Å². The minimum absolute atomic E-state index is 0.0152. The first-order chi connectivity index (χ1) is 9.08. The number of rotatable bonds is 6. The quantitative estimate of drug-likeness (QED) is 0.556. The van der Waals surface area contributed by atoms with Crippen LogP contribution >= 0.6 is 11.6 Å². The summed E-state index contributed by atoms with van der Waals surface area (Å²) in [6.07, 6.45) is 6.87. The van der Waals surface area contributed by atoms with E-state index in [4.69, 9.17) is 21.1 Å². The average Bonchev–Trinajstić information content (AvgIpc) is 2.34. The maximum Gasteiger partial charge on any atom is 0.247 e. The highest BCUT2D eigenvalue weighted by molar-refractivity contribution is 6.63. The molecule has 0 unspecified atom stereocenters. The van der Waals surface area contributed by atoms with E-state index < -0.39 is 5.24 Å². The first kappa shape index (κ1) is 13.8. The maximum absolute atomic E-state index is 10.6. The predicted molar refractivity (Wildman–Crippen MR) is 73.1 cm³/mol. The number of halogens is 1. The summed E-state index contributed by atoms with van der Waals surface area (Å²) in [5.74, 6) is 3.39. The Labute approximate surface area is 120 Å². The molecule has 0 spiro atoms. The van der Waals surface area contributed by atoms with Gasteiger partial charge in [-0.25, -0.2) is 0 Å². The molecule has 0 saturated heterocycles. The normalized spacial score (nSPS) is 43.7. The van der Waals surface area contributed by atoms with Gasteiger partial charge in [0.2, 0.25) is 5.24 Å². The van der Waals surface area contributed by atoms with E-state index in [2.05, 4.69) is 6.92 Å². The van der Waals surface area contributed by atoms with Crippen molar-refractivity contribution in [1.29, 1.82) is 0 Å². The second kappa shape index (κ2) is 5.34. The van der Waals surface area contributed by atoms with Gasteiger partial charge in [-0.05, 0) is 74.3 Å². The van der Waals surface area contributed by atoms with E-state index in [1.807, 2.05) is 0 Å². The molecule has 0 radical (unpaired) electrons. The summed E-state index contributed by atoms with van der Waals surface area (Å²) in [5.41, 5.74) is 0.0434. The molecular weight excluding hydrogens is 264 g/mol. The topological polar surface area (TPSA) is 35.5 Å². The van der Waals surface area contributed by atoms with Crippen LogP contribution in [0.1, 0.15) is 39.0 Å². The minimum Gasteiger partial charge on any atom is -0.372 e. The van der Waals surface area contributed by atoms with Crippen LogP contribution in [0, 0.1) is 23.7 Å². The van der Waals surface area contributed by atoms with Gasteiger partial charge in [-0.3, -0.25) is 4.79 Å². The maximum atomic E-state index is 10.6. The zero-order valence-corrected chi connectivity index (χ0v) is 12.3. The van der Waals surface area contributed by atoms with E-state index in [-0.39, 0.29) is 12.2 Å². The minimum atomic E-state index is -0.444. The Bertz CT molecular complexity index is 327. The molecular formula is C15H23ClO3. The van der Waals surface area contributed by atoms with Crippen molar-refractivity contribution in [2.45, 2.75) is 44.6 Å². The summed E-state index contributed by atoms with van der Waals surface area (Å²) in [6.45, 7) is 3.31. The van der Waals surface area contributed by atoms with Crippen molar-refractivity contribution in [1.82, 2.24) is 0 Å². The molecule has 4 fully saturated rings. The van der Waals surface area contributed by atoms with Crippen molar-refractivity contribution in [3.05, 3.63) is 0 Å². The fraction of sp³-hybridized carbons (Fsp3) is 0.933. The van der Waals surface area contributed by atoms with Crippen LogP contribution in [-0.4, -0.2) is 30.7 Å². The van der Waals surface area contributed by atoms with E-state index >= 15 is 0 Å². The third-order valence-corrected chi connectivity index (χ3v) is 5.72.